The van der Waals surface area contributed by atoms with Crippen LogP contribution in [0, 0.1) is 0 Å². The highest BCUT2D eigenvalue weighted by atomic mass is 32.1. The van der Waals surface area contributed by atoms with Crippen molar-refractivity contribution in [3.63, 3.8) is 0 Å². The first-order valence-electron chi connectivity index (χ1n) is 1.49. The zero-order valence-corrected chi connectivity index (χ0v) is 4.29. The second kappa shape index (κ2) is 2.57. The van der Waals surface area contributed by atoms with Crippen molar-refractivity contribution in [2.75, 3.05) is 0 Å². The van der Waals surface area contributed by atoms with Gasteiger partial charge in [-0.25, -0.2) is 0 Å². The van der Waals surface area contributed by atoms with Crippen molar-refractivity contribution in [2.45, 2.75) is 0 Å². The molecule has 0 bridgehead atoms. The van der Waals surface area contributed by atoms with Crippen LogP contribution < -0.4 is 11.1 Å². The van der Waals surface area contributed by atoms with E-state index in [9.17, 15) is 4.79 Å². The fourth-order valence-electron chi connectivity index (χ4n) is 0.121. The maximum absolute atomic E-state index is 9.75. The van der Waals surface area contributed by atoms with Crippen molar-refractivity contribution in [2.24, 2.45) is 5.73 Å². The molecule has 0 aromatic carbocycles. The van der Waals surface area contributed by atoms with Gasteiger partial charge in [-0.15, -0.1) is 0 Å². The third kappa shape index (κ3) is 5.42. The van der Waals surface area contributed by atoms with E-state index in [1.165, 1.54) is 0 Å². The van der Waals surface area contributed by atoms with Crippen LogP contribution >= 0.6 is 12.2 Å². The number of amides is 1. The lowest BCUT2D eigenvalue weighted by Crippen LogP contribution is -2.33. The second-order valence-corrected chi connectivity index (χ2v) is 1.29. The Balaban J connectivity index is 3.32. The van der Waals surface area contributed by atoms with E-state index in [1.54, 1.807) is 0 Å². The van der Waals surface area contributed by atoms with Crippen molar-refractivity contribution in [1.29, 1.82) is 0 Å². The molecular formula is C2H3BN2OS. The molecule has 0 spiro atoms. The Bertz CT molecular complexity index is 91.9. The number of thiocarbonyl (C=S) groups is 1. The van der Waals surface area contributed by atoms with Crippen LogP contribution in [-0.4, -0.2) is 18.8 Å². The number of nitrogens with two attached hydrogens (primary N) is 1. The van der Waals surface area contributed by atoms with E-state index >= 15 is 0 Å². The smallest absolute Gasteiger partial charge is 0.201 e. The van der Waals surface area contributed by atoms with Crippen LogP contribution in [0.2, 0.25) is 0 Å². The zero-order valence-electron chi connectivity index (χ0n) is 3.47. The minimum Gasteiger partial charge on any atom is -0.376 e. The van der Waals surface area contributed by atoms with Crippen LogP contribution in [0.1, 0.15) is 0 Å². The SMILES string of the molecule is [B]C(=O)NC(N)=S. The van der Waals surface area contributed by atoms with Gasteiger partial charge in [-0.05, 0) is 12.2 Å². The Hall–Kier alpha value is -0.575. The van der Waals surface area contributed by atoms with Crippen molar-refractivity contribution in [1.82, 2.24) is 5.32 Å². The number of carbonyl (C=O) groups excluding carboxylic acids is 1. The van der Waals surface area contributed by atoms with Crippen LogP contribution in [-0.2, 0) is 0 Å². The lowest BCUT2D eigenvalue weighted by atomic mass is 10.1. The van der Waals surface area contributed by atoms with Crippen LogP contribution in [0.3, 0.4) is 0 Å². The molecule has 0 heterocycles. The molecule has 0 aromatic heterocycles. The number of hydrogen-bond acceptors (Lipinski definition) is 2. The first kappa shape index (κ1) is 6.42. The predicted octanol–water partition coefficient (Wildman–Crippen LogP) is -0.892. The van der Waals surface area contributed by atoms with Gasteiger partial charge in [0.15, 0.2) is 10.9 Å². The summed E-state index contributed by atoms with van der Waals surface area (Å²) in [6.07, 6.45) is 0. The molecule has 1 amide bonds. The Morgan fingerprint density at radius 3 is 2.29 bits per heavy atom. The summed E-state index contributed by atoms with van der Waals surface area (Å²) in [5, 5.41) is 1.85. The molecule has 0 saturated carbocycles. The van der Waals surface area contributed by atoms with Gasteiger partial charge in [-0.1, -0.05) is 0 Å². The van der Waals surface area contributed by atoms with E-state index < -0.39 is 5.81 Å². The van der Waals surface area contributed by atoms with Crippen molar-refractivity contribution >= 4 is 31.0 Å². The minimum atomic E-state index is -0.729. The standard InChI is InChI=1S/C2H3BN2OS/c3-1(6)5-2(4)7/h(H3,4,5,6,7). The molecule has 0 unspecified atom stereocenters. The summed E-state index contributed by atoms with van der Waals surface area (Å²) in [7, 11) is 4.58. The quantitative estimate of drug-likeness (QED) is 0.317. The van der Waals surface area contributed by atoms with Gasteiger partial charge in [0, 0.05) is 0 Å². The van der Waals surface area contributed by atoms with Gasteiger partial charge in [0.25, 0.3) is 0 Å². The second-order valence-electron chi connectivity index (χ2n) is 0.854. The molecular weight excluding hydrogens is 111 g/mol. The van der Waals surface area contributed by atoms with Gasteiger partial charge in [-0.2, -0.15) is 0 Å². The molecule has 0 saturated heterocycles. The van der Waals surface area contributed by atoms with Crippen LogP contribution in [0.4, 0.5) is 4.79 Å². The van der Waals surface area contributed by atoms with Gasteiger partial charge in [0.2, 0.25) is 7.85 Å². The molecule has 0 rings (SSSR count). The summed E-state index contributed by atoms with van der Waals surface area (Å²) in [4.78, 5) is 9.75. The highest BCUT2D eigenvalue weighted by molar-refractivity contribution is 7.80. The maximum Gasteiger partial charge on any atom is 0.201 e. The van der Waals surface area contributed by atoms with Crippen molar-refractivity contribution in [3.8, 4) is 0 Å². The maximum atomic E-state index is 9.75. The molecule has 3 N–H and O–H groups in total. The van der Waals surface area contributed by atoms with E-state index in [2.05, 4.69) is 20.1 Å². The minimum absolute atomic E-state index is 0.104. The molecule has 3 nitrogen and oxygen atoms in total. The molecule has 0 aromatic rings. The van der Waals surface area contributed by atoms with E-state index in [0.717, 1.165) is 0 Å². The normalized spacial score (nSPS) is 7.43. The van der Waals surface area contributed by atoms with Gasteiger partial charge in [0.1, 0.15) is 0 Å². The molecule has 0 aliphatic heterocycles. The average Bonchev–Trinajstić information content (AvgIpc) is 1.27. The average molecular weight is 114 g/mol. The largest absolute Gasteiger partial charge is 0.376 e. The van der Waals surface area contributed by atoms with Crippen LogP contribution in [0.15, 0.2) is 0 Å². The van der Waals surface area contributed by atoms with Crippen molar-refractivity contribution in [3.05, 3.63) is 0 Å². The number of rotatable bonds is 0. The summed E-state index contributed by atoms with van der Waals surface area (Å²) < 4.78 is 0. The molecule has 0 fully saturated rings. The first-order valence-corrected chi connectivity index (χ1v) is 1.89. The van der Waals surface area contributed by atoms with Gasteiger partial charge in [0.05, 0.1) is 0 Å². The van der Waals surface area contributed by atoms with Crippen LogP contribution in [0.5, 0.6) is 0 Å². The van der Waals surface area contributed by atoms with Crippen LogP contribution in [0.25, 0.3) is 0 Å². The fraction of sp³-hybridized carbons (Fsp3) is 0. The summed E-state index contributed by atoms with van der Waals surface area (Å²) in [5.41, 5.74) is 4.81. The Morgan fingerprint density at radius 2 is 2.29 bits per heavy atom. The third-order valence-corrected chi connectivity index (χ3v) is 0.348. The van der Waals surface area contributed by atoms with E-state index in [0.29, 0.717) is 0 Å². The highest BCUT2D eigenvalue weighted by Gasteiger charge is 1.86. The summed E-state index contributed by atoms with van der Waals surface area (Å²) in [5.74, 6) is -0.729. The zero-order chi connectivity index (χ0) is 5.86. The predicted molar refractivity (Wildman–Crippen MR) is 31.1 cm³/mol. The topological polar surface area (TPSA) is 55.1 Å². The Kier molecular flexibility index (Phi) is 2.36. The molecule has 36 valence electrons. The third-order valence-electron chi connectivity index (χ3n) is 0.246. The van der Waals surface area contributed by atoms with E-state index in [1.807, 2.05) is 5.32 Å². The lowest BCUT2D eigenvalue weighted by molar-refractivity contribution is 0.263. The van der Waals surface area contributed by atoms with E-state index in [-0.39, 0.29) is 5.11 Å². The van der Waals surface area contributed by atoms with Gasteiger partial charge in [-0.3, -0.25) is 4.79 Å². The first-order chi connectivity index (χ1) is 3.13. The molecule has 5 heteroatoms. The summed E-state index contributed by atoms with van der Waals surface area (Å²) in [6, 6.07) is 0. The Morgan fingerprint density at radius 1 is 1.86 bits per heavy atom. The van der Waals surface area contributed by atoms with Gasteiger partial charge < -0.3 is 11.1 Å². The molecule has 2 radical (unpaired) electrons. The summed E-state index contributed by atoms with van der Waals surface area (Å²) in [6.45, 7) is 0. The van der Waals surface area contributed by atoms with E-state index in [4.69, 9.17) is 5.73 Å². The molecule has 0 aliphatic carbocycles. The number of carbonyl (C=O) groups is 1. The van der Waals surface area contributed by atoms with Gasteiger partial charge >= 0.3 is 0 Å². The number of nitrogens with one attached hydrogen (secondary N) is 1. The fourth-order valence-corrected chi connectivity index (χ4v) is 0.222. The molecule has 0 atom stereocenters. The lowest BCUT2D eigenvalue weighted by Gasteiger charge is -1.92. The monoisotopic (exact) mass is 114 g/mol. The summed E-state index contributed by atoms with van der Waals surface area (Å²) >= 11 is 4.24. The number of hydrogen-bond donors (Lipinski definition) is 2. The molecule has 0 aliphatic rings. The van der Waals surface area contributed by atoms with Crippen molar-refractivity contribution < 1.29 is 4.79 Å². The Labute approximate surface area is 47.7 Å². The highest BCUT2D eigenvalue weighted by Crippen LogP contribution is 1.56. The molecule has 7 heavy (non-hydrogen) atoms.